The maximum Gasteiger partial charge on any atom is 0.407 e. The summed E-state index contributed by atoms with van der Waals surface area (Å²) < 4.78 is 6.78. The van der Waals surface area contributed by atoms with Crippen LogP contribution in [-0.2, 0) is 11.3 Å². The number of thioether (sulfide) groups is 1. The van der Waals surface area contributed by atoms with Crippen molar-refractivity contribution in [3.8, 4) is 0 Å². The molecule has 0 spiro atoms. The standard InChI is InChI=1S/C9H16N6O2S/c1-2-10-3-4-15-8(12-13-14-15)18-6-7-5-11-9(16)17-7/h7,10H,2-6H2,1H3,(H,11,16). The smallest absolute Gasteiger partial charge is 0.407 e. The molecule has 2 heterocycles. The maximum absolute atomic E-state index is 10.9. The Morgan fingerprint density at radius 1 is 1.67 bits per heavy atom. The Balaban J connectivity index is 1.78. The van der Waals surface area contributed by atoms with Gasteiger partial charge in [-0.3, -0.25) is 0 Å². The molecule has 1 fully saturated rings. The summed E-state index contributed by atoms with van der Waals surface area (Å²) in [7, 11) is 0. The molecule has 1 unspecified atom stereocenters. The van der Waals surface area contributed by atoms with Crippen molar-refractivity contribution >= 4 is 17.9 Å². The van der Waals surface area contributed by atoms with Crippen molar-refractivity contribution in [2.75, 3.05) is 25.4 Å². The van der Waals surface area contributed by atoms with E-state index in [9.17, 15) is 4.79 Å². The Bertz CT molecular complexity index is 398. The second-order valence-corrected chi connectivity index (χ2v) is 4.74. The zero-order valence-corrected chi connectivity index (χ0v) is 10.9. The van der Waals surface area contributed by atoms with E-state index >= 15 is 0 Å². The number of alkyl carbamates (subject to hydrolysis) is 1. The van der Waals surface area contributed by atoms with Crippen LogP contribution in [-0.4, -0.2) is 57.8 Å². The lowest BCUT2D eigenvalue weighted by atomic mass is 10.4. The number of nitrogens with zero attached hydrogens (tertiary/aromatic N) is 4. The van der Waals surface area contributed by atoms with Crippen LogP contribution in [0.2, 0.25) is 0 Å². The minimum absolute atomic E-state index is 0.110. The number of rotatable bonds is 7. The van der Waals surface area contributed by atoms with Crippen molar-refractivity contribution in [1.29, 1.82) is 0 Å². The molecule has 0 saturated carbocycles. The molecule has 0 aromatic carbocycles. The van der Waals surface area contributed by atoms with E-state index in [-0.39, 0.29) is 12.2 Å². The van der Waals surface area contributed by atoms with Crippen molar-refractivity contribution in [2.45, 2.75) is 24.7 Å². The fourth-order valence-corrected chi connectivity index (χ4v) is 2.39. The van der Waals surface area contributed by atoms with Gasteiger partial charge < -0.3 is 15.4 Å². The topological polar surface area (TPSA) is 94.0 Å². The Labute approximate surface area is 109 Å². The highest BCUT2D eigenvalue weighted by molar-refractivity contribution is 7.99. The number of tetrazole rings is 1. The minimum Gasteiger partial charge on any atom is -0.443 e. The number of aromatic nitrogens is 4. The largest absolute Gasteiger partial charge is 0.443 e. The van der Waals surface area contributed by atoms with Crippen molar-refractivity contribution in [3.63, 3.8) is 0 Å². The number of ether oxygens (including phenoxy) is 1. The van der Waals surface area contributed by atoms with E-state index in [1.54, 1.807) is 4.68 Å². The first-order valence-corrected chi connectivity index (χ1v) is 6.82. The highest BCUT2D eigenvalue weighted by atomic mass is 32.2. The molecular formula is C9H16N6O2S. The van der Waals surface area contributed by atoms with Crippen LogP contribution in [0.15, 0.2) is 5.16 Å². The van der Waals surface area contributed by atoms with Crippen LogP contribution in [0.3, 0.4) is 0 Å². The fraction of sp³-hybridized carbons (Fsp3) is 0.778. The van der Waals surface area contributed by atoms with Gasteiger partial charge in [-0.25, -0.2) is 9.48 Å². The third-order valence-electron chi connectivity index (χ3n) is 2.40. The first kappa shape index (κ1) is 13.1. The van der Waals surface area contributed by atoms with Gasteiger partial charge in [0.1, 0.15) is 6.10 Å². The van der Waals surface area contributed by atoms with Gasteiger partial charge in [0.25, 0.3) is 0 Å². The van der Waals surface area contributed by atoms with Crippen LogP contribution in [0.4, 0.5) is 4.79 Å². The molecule has 1 aliphatic rings. The molecule has 0 radical (unpaired) electrons. The maximum atomic E-state index is 10.9. The molecule has 18 heavy (non-hydrogen) atoms. The van der Waals surface area contributed by atoms with Gasteiger partial charge in [0.15, 0.2) is 0 Å². The highest BCUT2D eigenvalue weighted by Gasteiger charge is 2.23. The van der Waals surface area contributed by atoms with Crippen LogP contribution in [0.25, 0.3) is 0 Å². The summed E-state index contributed by atoms with van der Waals surface area (Å²) in [5.74, 6) is 0.653. The summed E-state index contributed by atoms with van der Waals surface area (Å²) in [4.78, 5) is 10.9. The van der Waals surface area contributed by atoms with Crippen LogP contribution < -0.4 is 10.6 Å². The first-order chi connectivity index (χ1) is 8.79. The SMILES string of the molecule is CCNCCn1nnnc1SCC1CNC(=O)O1. The highest BCUT2D eigenvalue weighted by Crippen LogP contribution is 2.17. The number of carbonyl (C=O) groups is 1. The molecule has 1 aromatic rings. The molecule has 100 valence electrons. The van der Waals surface area contributed by atoms with Crippen LogP contribution in [0.1, 0.15) is 6.92 Å². The van der Waals surface area contributed by atoms with Crippen molar-refractivity contribution in [3.05, 3.63) is 0 Å². The van der Waals surface area contributed by atoms with Gasteiger partial charge in [-0.2, -0.15) is 0 Å². The van der Waals surface area contributed by atoms with Gasteiger partial charge in [-0.1, -0.05) is 18.7 Å². The molecule has 2 N–H and O–H groups in total. The number of nitrogens with one attached hydrogen (secondary N) is 2. The Morgan fingerprint density at radius 3 is 3.28 bits per heavy atom. The van der Waals surface area contributed by atoms with E-state index in [4.69, 9.17) is 4.74 Å². The van der Waals surface area contributed by atoms with Crippen LogP contribution >= 0.6 is 11.8 Å². The van der Waals surface area contributed by atoms with Crippen molar-refractivity contribution < 1.29 is 9.53 Å². The van der Waals surface area contributed by atoms with Gasteiger partial charge in [0.2, 0.25) is 5.16 Å². The zero-order valence-electron chi connectivity index (χ0n) is 10.1. The molecule has 0 bridgehead atoms. The van der Waals surface area contributed by atoms with Crippen LogP contribution in [0, 0.1) is 0 Å². The average Bonchev–Trinajstić information content (AvgIpc) is 2.96. The molecular weight excluding hydrogens is 256 g/mol. The lowest BCUT2D eigenvalue weighted by molar-refractivity contribution is 0.150. The van der Waals surface area contributed by atoms with E-state index in [0.29, 0.717) is 12.3 Å². The third-order valence-corrected chi connectivity index (χ3v) is 3.48. The van der Waals surface area contributed by atoms with Gasteiger partial charge >= 0.3 is 6.09 Å². The number of carbonyl (C=O) groups excluding carboxylic acids is 1. The quantitative estimate of drug-likeness (QED) is 0.509. The molecule has 1 saturated heterocycles. The number of hydrogen-bond donors (Lipinski definition) is 2. The third kappa shape index (κ3) is 3.57. The van der Waals surface area contributed by atoms with E-state index in [2.05, 4.69) is 33.1 Å². The molecule has 8 nitrogen and oxygen atoms in total. The summed E-state index contributed by atoms with van der Waals surface area (Å²) >= 11 is 1.49. The van der Waals surface area contributed by atoms with Gasteiger partial charge in [-0.15, -0.1) is 5.10 Å². The van der Waals surface area contributed by atoms with Gasteiger partial charge in [0, 0.05) is 12.3 Å². The Morgan fingerprint density at radius 2 is 2.56 bits per heavy atom. The van der Waals surface area contributed by atoms with E-state index in [1.807, 2.05) is 0 Å². The second kappa shape index (κ2) is 6.55. The second-order valence-electron chi connectivity index (χ2n) is 3.76. The van der Waals surface area contributed by atoms with Gasteiger partial charge in [0.05, 0.1) is 13.1 Å². The van der Waals surface area contributed by atoms with E-state index in [0.717, 1.165) is 24.8 Å². The Hall–Kier alpha value is -1.35. The number of hydrogen-bond acceptors (Lipinski definition) is 7. The normalized spacial score (nSPS) is 18.7. The lowest BCUT2D eigenvalue weighted by Crippen LogP contribution is -2.21. The lowest BCUT2D eigenvalue weighted by Gasteiger charge is -2.07. The first-order valence-electron chi connectivity index (χ1n) is 5.83. The van der Waals surface area contributed by atoms with Crippen molar-refractivity contribution in [1.82, 2.24) is 30.8 Å². The zero-order chi connectivity index (χ0) is 12.8. The van der Waals surface area contributed by atoms with Gasteiger partial charge in [-0.05, 0) is 17.0 Å². The summed E-state index contributed by atoms with van der Waals surface area (Å²) in [6.07, 6.45) is -0.464. The summed E-state index contributed by atoms with van der Waals surface area (Å²) in [5.41, 5.74) is 0. The predicted molar refractivity (Wildman–Crippen MR) is 65.4 cm³/mol. The molecule has 1 atom stereocenters. The molecule has 9 heteroatoms. The van der Waals surface area contributed by atoms with E-state index < -0.39 is 0 Å². The summed E-state index contributed by atoms with van der Waals surface area (Å²) in [5, 5.41) is 18.1. The van der Waals surface area contributed by atoms with E-state index in [1.165, 1.54) is 11.8 Å². The monoisotopic (exact) mass is 272 g/mol. The molecule has 2 rings (SSSR count). The van der Waals surface area contributed by atoms with Crippen LogP contribution in [0.5, 0.6) is 0 Å². The summed E-state index contributed by atoms with van der Waals surface area (Å²) in [6, 6.07) is 0. The predicted octanol–water partition coefficient (Wildman–Crippen LogP) is -0.517. The van der Waals surface area contributed by atoms with Crippen molar-refractivity contribution in [2.24, 2.45) is 0 Å². The molecule has 1 amide bonds. The Kier molecular flexibility index (Phi) is 4.76. The molecule has 1 aliphatic heterocycles. The molecule has 0 aliphatic carbocycles. The number of likely N-dealkylation sites (N-methyl/N-ethyl adjacent to an activating group) is 1. The summed E-state index contributed by atoms with van der Waals surface area (Å²) in [6.45, 7) is 5.08. The fourth-order valence-electron chi connectivity index (χ4n) is 1.49. The molecule has 1 aromatic heterocycles. The number of amides is 1. The minimum atomic E-state index is -0.354. The average molecular weight is 272 g/mol. The number of cyclic esters (lactones) is 1.